The third-order valence-corrected chi connectivity index (χ3v) is 5.68. The number of hydrogen-bond acceptors (Lipinski definition) is 5. The molecule has 0 spiro atoms. The molecule has 7 nitrogen and oxygen atoms in total. The SMILES string of the molecule is Cc1ccc(NC(=O)NC(=O)CN2CCC[C@@H]2c2ccc3c(c2)OCCO3)cc1C. The topological polar surface area (TPSA) is 79.9 Å². The first kappa shape index (κ1) is 20.2. The number of rotatable bonds is 4. The summed E-state index contributed by atoms with van der Waals surface area (Å²) in [5.74, 6) is 1.19. The van der Waals surface area contributed by atoms with Crippen molar-refractivity contribution in [3.8, 4) is 11.5 Å². The zero-order chi connectivity index (χ0) is 21.1. The zero-order valence-electron chi connectivity index (χ0n) is 17.4. The fraction of sp³-hybridized carbons (Fsp3) is 0.391. The van der Waals surface area contributed by atoms with Crippen LogP contribution in [0.2, 0.25) is 0 Å². The maximum atomic E-state index is 12.5. The number of benzene rings is 2. The van der Waals surface area contributed by atoms with Crippen LogP contribution in [0.3, 0.4) is 0 Å². The van der Waals surface area contributed by atoms with Gasteiger partial charge in [0.05, 0.1) is 6.54 Å². The summed E-state index contributed by atoms with van der Waals surface area (Å²) in [6.45, 7) is 6.08. The van der Waals surface area contributed by atoms with Gasteiger partial charge < -0.3 is 14.8 Å². The van der Waals surface area contributed by atoms with E-state index in [1.165, 1.54) is 0 Å². The van der Waals surface area contributed by atoms with Crippen LogP contribution in [0.4, 0.5) is 10.5 Å². The number of imide groups is 1. The minimum absolute atomic E-state index is 0.120. The molecule has 0 radical (unpaired) electrons. The molecule has 0 saturated carbocycles. The standard InChI is InChI=1S/C23H27N3O4/c1-15-5-7-18(12-16(15)2)24-23(28)25-22(27)14-26-9-3-4-19(26)17-6-8-20-21(13-17)30-11-10-29-20/h5-8,12-13,19H,3-4,9-11,14H2,1-2H3,(H2,24,25,27,28)/t19-/m1/s1. The van der Waals surface area contributed by atoms with Crippen LogP contribution in [-0.2, 0) is 4.79 Å². The number of likely N-dealkylation sites (tertiary alicyclic amines) is 1. The summed E-state index contributed by atoms with van der Waals surface area (Å²) in [4.78, 5) is 26.8. The van der Waals surface area contributed by atoms with E-state index >= 15 is 0 Å². The molecule has 3 amide bonds. The number of nitrogens with zero attached hydrogens (tertiary/aromatic N) is 1. The van der Waals surface area contributed by atoms with Crippen LogP contribution in [0, 0.1) is 13.8 Å². The maximum absolute atomic E-state index is 12.5. The molecule has 0 aliphatic carbocycles. The molecule has 7 heteroatoms. The lowest BCUT2D eigenvalue weighted by molar-refractivity contribution is -0.121. The van der Waals surface area contributed by atoms with Crippen LogP contribution < -0.4 is 20.1 Å². The maximum Gasteiger partial charge on any atom is 0.325 e. The van der Waals surface area contributed by atoms with E-state index in [1.54, 1.807) is 0 Å². The fourth-order valence-electron chi connectivity index (χ4n) is 3.99. The number of nitrogens with one attached hydrogen (secondary N) is 2. The van der Waals surface area contributed by atoms with Crippen LogP contribution >= 0.6 is 0 Å². The van der Waals surface area contributed by atoms with Crippen molar-refractivity contribution in [2.45, 2.75) is 32.7 Å². The summed E-state index contributed by atoms with van der Waals surface area (Å²) >= 11 is 0. The van der Waals surface area contributed by atoms with Crippen LogP contribution in [0.1, 0.15) is 35.6 Å². The van der Waals surface area contributed by atoms with Gasteiger partial charge in [-0.1, -0.05) is 12.1 Å². The largest absolute Gasteiger partial charge is 0.486 e. The molecular weight excluding hydrogens is 382 g/mol. The number of ether oxygens (including phenoxy) is 2. The van der Waals surface area contributed by atoms with Gasteiger partial charge in [-0.25, -0.2) is 4.79 Å². The Bertz CT molecular complexity index is 959. The Kier molecular flexibility index (Phi) is 5.90. The molecule has 2 N–H and O–H groups in total. The van der Waals surface area contributed by atoms with Crippen LogP contribution in [0.15, 0.2) is 36.4 Å². The Balaban J connectivity index is 1.35. The van der Waals surface area contributed by atoms with Gasteiger partial charge in [-0.15, -0.1) is 0 Å². The number of urea groups is 1. The Hall–Kier alpha value is -3.06. The van der Waals surface area contributed by atoms with E-state index in [-0.39, 0.29) is 18.5 Å². The normalized spacial score (nSPS) is 18.1. The van der Waals surface area contributed by atoms with E-state index in [2.05, 4.69) is 15.5 Å². The van der Waals surface area contributed by atoms with Gasteiger partial charge in [-0.3, -0.25) is 15.0 Å². The van der Waals surface area contributed by atoms with Gasteiger partial charge in [-0.05, 0) is 74.2 Å². The van der Waals surface area contributed by atoms with Crippen molar-refractivity contribution in [3.05, 3.63) is 53.1 Å². The Morgan fingerprint density at radius 2 is 1.83 bits per heavy atom. The summed E-state index contributed by atoms with van der Waals surface area (Å²) in [7, 11) is 0. The molecule has 1 atom stereocenters. The molecule has 158 valence electrons. The predicted molar refractivity (Wildman–Crippen MR) is 114 cm³/mol. The number of aryl methyl sites for hydroxylation is 2. The summed E-state index contributed by atoms with van der Waals surface area (Å²) in [6.07, 6.45) is 1.96. The first-order valence-corrected chi connectivity index (χ1v) is 10.3. The minimum atomic E-state index is -0.515. The number of anilines is 1. The molecular formula is C23H27N3O4. The second-order valence-electron chi connectivity index (χ2n) is 7.83. The van der Waals surface area contributed by atoms with Crippen molar-refractivity contribution >= 4 is 17.6 Å². The molecule has 2 heterocycles. The number of carbonyl (C=O) groups is 2. The van der Waals surface area contributed by atoms with Crippen molar-refractivity contribution in [3.63, 3.8) is 0 Å². The zero-order valence-corrected chi connectivity index (χ0v) is 17.4. The molecule has 1 saturated heterocycles. The molecule has 0 bridgehead atoms. The quantitative estimate of drug-likeness (QED) is 0.807. The third-order valence-electron chi connectivity index (χ3n) is 5.68. The van der Waals surface area contributed by atoms with E-state index in [9.17, 15) is 9.59 Å². The molecule has 30 heavy (non-hydrogen) atoms. The van der Waals surface area contributed by atoms with Crippen LogP contribution in [-0.4, -0.2) is 43.1 Å². The van der Waals surface area contributed by atoms with E-state index in [0.717, 1.165) is 47.6 Å². The lowest BCUT2D eigenvalue weighted by atomic mass is 10.0. The molecule has 2 aliphatic rings. The number of amides is 3. The predicted octanol–water partition coefficient (Wildman–Crippen LogP) is 3.56. The third kappa shape index (κ3) is 4.57. The van der Waals surface area contributed by atoms with Crippen molar-refractivity contribution in [1.82, 2.24) is 10.2 Å². The fourth-order valence-corrected chi connectivity index (χ4v) is 3.99. The average molecular weight is 409 g/mol. The second kappa shape index (κ2) is 8.75. The molecule has 4 rings (SSSR count). The highest BCUT2D eigenvalue weighted by atomic mass is 16.6. The number of carbonyl (C=O) groups excluding carboxylic acids is 2. The highest BCUT2D eigenvalue weighted by Crippen LogP contribution is 2.37. The van der Waals surface area contributed by atoms with Crippen LogP contribution in [0.25, 0.3) is 0 Å². The van der Waals surface area contributed by atoms with Crippen molar-refractivity contribution in [2.24, 2.45) is 0 Å². The molecule has 2 aromatic rings. The Morgan fingerprint density at radius 1 is 1.03 bits per heavy atom. The first-order chi connectivity index (χ1) is 14.5. The van der Waals surface area contributed by atoms with E-state index in [4.69, 9.17) is 9.47 Å². The highest BCUT2D eigenvalue weighted by Gasteiger charge is 2.29. The van der Waals surface area contributed by atoms with E-state index in [1.807, 2.05) is 50.2 Å². The minimum Gasteiger partial charge on any atom is -0.486 e. The Labute approximate surface area is 176 Å². The highest BCUT2D eigenvalue weighted by molar-refractivity contribution is 6.01. The lowest BCUT2D eigenvalue weighted by Gasteiger charge is -2.26. The Morgan fingerprint density at radius 3 is 2.63 bits per heavy atom. The van der Waals surface area contributed by atoms with Gasteiger partial charge in [-0.2, -0.15) is 0 Å². The number of fused-ring (bicyclic) bond motifs is 1. The summed E-state index contributed by atoms with van der Waals surface area (Å²) in [5, 5.41) is 5.16. The van der Waals surface area contributed by atoms with Crippen molar-refractivity contribution in [1.29, 1.82) is 0 Å². The van der Waals surface area contributed by atoms with Crippen molar-refractivity contribution < 1.29 is 19.1 Å². The smallest absolute Gasteiger partial charge is 0.325 e. The first-order valence-electron chi connectivity index (χ1n) is 10.3. The van der Waals surface area contributed by atoms with Gasteiger partial charge in [0.1, 0.15) is 13.2 Å². The van der Waals surface area contributed by atoms with Crippen molar-refractivity contribution in [2.75, 3.05) is 31.6 Å². The molecule has 2 aromatic carbocycles. The van der Waals surface area contributed by atoms with Gasteiger partial charge in [0, 0.05) is 11.7 Å². The van der Waals surface area contributed by atoms with Crippen LogP contribution in [0.5, 0.6) is 11.5 Å². The van der Waals surface area contributed by atoms with E-state index < -0.39 is 6.03 Å². The molecule has 0 aromatic heterocycles. The molecule has 1 fully saturated rings. The lowest BCUT2D eigenvalue weighted by Crippen LogP contribution is -2.41. The van der Waals surface area contributed by atoms with Gasteiger partial charge in [0.2, 0.25) is 5.91 Å². The van der Waals surface area contributed by atoms with Gasteiger partial charge in [0.25, 0.3) is 0 Å². The average Bonchev–Trinajstić information content (AvgIpc) is 3.18. The molecule has 0 unspecified atom stereocenters. The summed E-state index contributed by atoms with van der Waals surface area (Å²) < 4.78 is 11.3. The summed E-state index contributed by atoms with van der Waals surface area (Å²) in [5.41, 5.74) is 4.00. The van der Waals surface area contributed by atoms with E-state index in [0.29, 0.717) is 18.9 Å². The summed E-state index contributed by atoms with van der Waals surface area (Å²) in [6, 6.07) is 11.2. The number of hydrogen-bond donors (Lipinski definition) is 2. The monoisotopic (exact) mass is 409 g/mol. The second-order valence-corrected chi connectivity index (χ2v) is 7.83. The van der Waals surface area contributed by atoms with Gasteiger partial charge in [0.15, 0.2) is 11.5 Å². The van der Waals surface area contributed by atoms with Gasteiger partial charge >= 0.3 is 6.03 Å². The molecule has 2 aliphatic heterocycles.